The van der Waals surface area contributed by atoms with Gasteiger partial charge in [0, 0.05) is 40.2 Å². The smallest absolute Gasteiger partial charge is 0.237 e. The van der Waals surface area contributed by atoms with Gasteiger partial charge in [-0.15, -0.1) is 0 Å². The lowest BCUT2D eigenvalue weighted by molar-refractivity contribution is -0.128. The van der Waals surface area contributed by atoms with E-state index in [1.165, 1.54) is 0 Å². The van der Waals surface area contributed by atoms with Crippen LogP contribution in [0.5, 0.6) is 5.75 Å². The number of hydrogen-bond acceptors (Lipinski definition) is 5. The van der Waals surface area contributed by atoms with Gasteiger partial charge in [0.2, 0.25) is 5.91 Å². The minimum absolute atomic E-state index is 0.0491. The van der Waals surface area contributed by atoms with Crippen LogP contribution in [0.3, 0.4) is 0 Å². The lowest BCUT2D eigenvalue weighted by atomic mass is 9.92. The SMILES string of the molecule is CC1CC(N)C[C@@H](C(=O)NCC/C=C/c2c(OCc3ccccc3)ccc3ncc(Br)cc23)N1C. The number of benzene rings is 2. The molecule has 2 unspecified atom stereocenters. The third kappa shape index (κ3) is 6.48. The number of aromatic nitrogens is 1. The first-order valence-electron chi connectivity index (χ1n) is 12.1. The highest BCUT2D eigenvalue weighted by Crippen LogP contribution is 2.31. The van der Waals surface area contributed by atoms with Crippen molar-refractivity contribution in [3.63, 3.8) is 0 Å². The van der Waals surface area contributed by atoms with Gasteiger partial charge in [0.25, 0.3) is 0 Å². The average Bonchev–Trinajstić information content (AvgIpc) is 2.85. The molecule has 2 heterocycles. The minimum Gasteiger partial charge on any atom is -0.488 e. The molecule has 3 aromatic rings. The Kier molecular flexibility index (Phi) is 8.55. The number of nitrogens with one attached hydrogen (secondary N) is 1. The Balaban J connectivity index is 1.43. The Morgan fingerprint density at radius 2 is 2.06 bits per heavy atom. The molecular weight excluding hydrogens is 504 g/mol. The van der Waals surface area contributed by atoms with Crippen LogP contribution in [0.25, 0.3) is 17.0 Å². The molecule has 7 heteroatoms. The number of halogens is 1. The van der Waals surface area contributed by atoms with Crippen molar-refractivity contribution in [2.75, 3.05) is 13.6 Å². The molecule has 0 saturated carbocycles. The summed E-state index contributed by atoms with van der Waals surface area (Å²) < 4.78 is 7.11. The number of likely N-dealkylation sites (N-methyl/N-ethyl adjacent to an activating group) is 1. The van der Waals surface area contributed by atoms with Crippen LogP contribution >= 0.6 is 15.9 Å². The molecule has 2 aromatic carbocycles. The van der Waals surface area contributed by atoms with Crippen molar-refractivity contribution in [3.05, 3.63) is 76.4 Å². The topological polar surface area (TPSA) is 80.5 Å². The molecule has 35 heavy (non-hydrogen) atoms. The van der Waals surface area contributed by atoms with Crippen LogP contribution in [-0.2, 0) is 11.4 Å². The molecule has 1 aliphatic heterocycles. The van der Waals surface area contributed by atoms with Crippen LogP contribution in [0.2, 0.25) is 0 Å². The van der Waals surface area contributed by atoms with Gasteiger partial charge in [-0.05, 0) is 72.9 Å². The van der Waals surface area contributed by atoms with Gasteiger partial charge in [-0.2, -0.15) is 0 Å². The molecule has 3 N–H and O–H groups in total. The first-order valence-corrected chi connectivity index (χ1v) is 12.9. The molecule has 1 aromatic heterocycles. The average molecular weight is 538 g/mol. The highest BCUT2D eigenvalue weighted by Gasteiger charge is 2.33. The van der Waals surface area contributed by atoms with Gasteiger partial charge in [-0.3, -0.25) is 14.7 Å². The van der Waals surface area contributed by atoms with E-state index in [0.29, 0.717) is 32.0 Å². The summed E-state index contributed by atoms with van der Waals surface area (Å²) >= 11 is 3.54. The van der Waals surface area contributed by atoms with Crippen LogP contribution in [-0.4, -0.2) is 47.5 Å². The van der Waals surface area contributed by atoms with Crippen molar-refractivity contribution < 1.29 is 9.53 Å². The third-order valence-electron chi connectivity index (χ3n) is 6.62. The molecule has 6 nitrogen and oxygen atoms in total. The van der Waals surface area contributed by atoms with Crippen molar-refractivity contribution >= 4 is 38.8 Å². The summed E-state index contributed by atoms with van der Waals surface area (Å²) in [7, 11) is 2.00. The number of carbonyl (C=O) groups is 1. The normalized spacial score (nSPS) is 20.9. The first kappa shape index (κ1) is 25.4. The summed E-state index contributed by atoms with van der Waals surface area (Å²) in [5.74, 6) is 0.849. The Hall–Kier alpha value is -2.74. The molecule has 0 spiro atoms. The van der Waals surface area contributed by atoms with Crippen molar-refractivity contribution in [2.24, 2.45) is 5.73 Å². The quantitative estimate of drug-likeness (QED) is 0.400. The van der Waals surface area contributed by atoms with E-state index in [9.17, 15) is 4.79 Å². The zero-order valence-electron chi connectivity index (χ0n) is 20.3. The van der Waals surface area contributed by atoms with Gasteiger partial charge in [0.05, 0.1) is 11.6 Å². The second-order valence-electron chi connectivity index (χ2n) is 9.22. The Bertz CT molecular complexity index is 1180. The second-order valence-corrected chi connectivity index (χ2v) is 10.1. The van der Waals surface area contributed by atoms with Crippen LogP contribution in [0.1, 0.15) is 37.3 Å². The van der Waals surface area contributed by atoms with E-state index in [1.54, 1.807) is 6.20 Å². The summed E-state index contributed by atoms with van der Waals surface area (Å²) in [5.41, 5.74) is 9.14. The molecule has 0 aliphatic carbocycles. The predicted octanol–water partition coefficient (Wildman–Crippen LogP) is 4.91. The fourth-order valence-electron chi connectivity index (χ4n) is 4.56. The lowest BCUT2D eigenvalue weighted by Gasteiger charge is -2.39. The first-order chi connectivity index (χ1) is 16.9. The number of fused-ring (bicyclic) bond motifs is 1. The molecular formula is C28H33BrN4O2. The maximum Gasteiger partial charge on any atom is 0.237 e. The summed E-state index contributed by atoms with van der Waals surface area (Å²) in [6, 6.07) is 16.3. The maximum absolute atomic E-state index is 12.8. The van der Waals surface area contributed by atoms with Crippen molar-refractivity contribution in [2.45, 2.75) is 50.9 Å². The van der Waals surface area contributed by atoms with Gasteiger partial charge in [-0.1, -0.05) is 42.5 Å². The Morgan fingerprint density at radius 1 is 1.26 bits per heavy atom. The van der Waals surface area contributed by atoms with Gasteiger partial charge in [-0.25, -0.2) is 0 Å². The Labute approximate surface area is 215 Å². The molecule has 4 rings (SSSR count). The molecule has 1 aliphatic rings. The maximum atomic E-state index is 12.8. The fourth-order valence-corrected chi connectivity index (χ4v) is 4.89. The summed E-state index contributed by atoms with van der Waals surface area (Å²) in [4.78, 5) is 19.4. The van der Waals surface area contributed by atoms with E-state index >= 15 is 0 Å². The van der Waals surface area contributed by atoms with Crippen LogP contribution < -0.4 is 15.8 Å². The lowest BCUT2D eigenvalue weighted by Crippen LogP contribution is -2.56. The van der Waals surface area contributed by atoms with Gasteiger partial charge < -0.3 is 15.8 Å². The van der Waals surface area contributed by atoms with E-state index in [1.807, 2.05) is 37.4 Å². The van der Waals surface area contributed by atoms with E-state index in [0.717, 1.165) is 38.7 Å². The third-order valence-corrected chi connectivity index (χ3v) is 7.06. The standard InChI is InChI=1S/C28H33BrN4O2/c1-19-14-22(30)16-26(33(19)2)28(34)31-13-7-6-10-23-24-15-21(29)17-32-25(24)11-12-27(23)35-18-20-8-4-3-5-9-20/h3-6,8-12,15,17,19,22,26H,7,13-14,16,18,30H2,1-2H3,(H,31,34)/b10-6+/t19?,22?,26-/m0/s1. The highest BCUT2D eigenvalue weighted by atomic mass is 79.9. The van der Waals surface area contributed by atoms with Gasteiger partial charge in [0.15, 0.2) is 0 Å². The number of rotatable bonds is 8. The van der Waals surface area contributed by atoms with Crippen molar-refractivity contribution in [1.29, 1.82) is 0 Å². The number of nitrogens with two attached hydrogens (primary N) is 1. The number of carbonyl (C=O) groups excluding carboxylic acids is 1. The van der Waals surface area contributed by atoms with E-state index in [4.69, 9.17) is 10.5 Å². The van der Waals surface area contributed by atoms with Crippen molar-refractivity contribution in [1.82, 2.24) is 15.2 Å². The number of piperidine rings is 1. The number of pyridine rings is 1. The second kappa shape index (κ2) is 11.8. The molecule has 0 radical (unpaired) electrons. The summed E-state index contributed by atoms with van der Waals surface area (Å²) in [6.45, 7) is 3.17. The molecule has 1 saturated heterocycles. The monoisotopic (exact) mass is 536 g/mol. The zero-order chi connectivity index (χ0) is 24.8. The number of likely N-dealkylation sites (tertiary alicyclic amines) is 1. The van der Waals surface area contributed by atoms with Crippen molar-refractivity contribution in [3.8, 4) is 5.75 Å². The summed E-state index contributed by atoms with van der Waals surface area (Å²) in [6.07, 6.45) is 8.26. The Morgan fingerprint density at radius 3 is 2.86 bits per heavy atom. The number of hydrogen-bond donors (Lipinski definition) is 2. The predicted molar refractivity (Wildman–Crippen MR) is 145 cm³/mol. The van der Waals surface area contributed by atoms with Crippen LogP contribution in [0.4, 0.5) is 0 Å². The molecule has 1 fully saturated rings. The highest BCUT2D eigenvalue weighted by molar-refractivity contribution is 9.10. The molecule has 3 atom stereocenters. The van der Waals surface area contributed by atoms with E-state index < -0.39 is 0 Å². The fraction of sp³-hybridized carbons (Fsp3) is 0.357. The van der Waals surface area contributed by atoms with Gasteiger partial charge in [0.1, 0.15) is 12.4 Å². The minimum atomic E-state index is -0.169. The number of ether oxygens (including phenoxy) is 1. The molecule has 184 valence electrons. The molecule has 1 amide bonds. The van der Waals surface area contributed by atoms with Gasteiger partial charge >= 0.3 is 0 Å². The van der Waals surface area contributed by atoms with Crippen LogP contribution in [0.15, 0.2) is 65.3 Å². The zero-order valence-corrected chi connectivity index (χ0v) is 21.9. The number of amides is 1. The van der Waals surface area contributed by atoms with E-state index in [2.05, 4.69) is 68.4 Å². The summed E-state index contributed by atoms with van der Waals surface area (Å²) in [5, 5.41) is 4.09. The largest absolute Gasteiger partial charge is 0.488 e. The molecule has 0 bridgehead atoms. The number of nitrogens with zero attached hydrogens (tertiary/aromatic N) is 2. The van der Waals surface area contributed by atoms with E-state index in [-0.39, 0.29) is 18.0 Å². The van der Waals surface area contributed by atoms with Crippen LogP contribution in [0, 0.1) is 0 Å².